The van der Waals surface area contributed by atoms with Crippen molar-refractivity contribution < 1.29 is 5.11 Å². The van der Waals surface area contributed by atoms with Crippen molar-refractivity contribution in [1.29, 1.82) is 0 Å². The molecule has 3 heteroatoms. The highest BCUT2D eigenvalue weighted by molar-refractivity contribution is 5.56. The minimum Gasteiger partial charge on any atom is -0.508 e. The maximum absolute atomic E-state index is 9.50. The SMILES string of the molecule is Nc1ccc(O)c2c1CNCC2. The van der Waals surface area contributed by atoms with Crippen LogP contribution < -0.4 is 11.1 Å². The number of benzene rings is 1. The topological polar surface area (TPSA) is 58.3 Å². The van der Waals surface area contributed by atoms with Gasteiger partial charge in [0, 0.05) is 17.8 Å². The first-order valence-corrected chi connectivity index (χ1v) is 4.09. The van der Waals surface area contributed by atoms with Gasteiger partial charge in [-0.05, 0) is 30.7 Å². The zero-order valence-electron chi connectivity index (χ0n) is 6.80. The van der Waals surface area contributed by atoms with E-state index in [2.05, 4.69) is 5.32 Å². The van der Waals surface area contributed by atoms with E-state index in [1.165, 1.54) is 0 Å². The van der Waals surface area contributed by atoms with E-state index < -0.39 is 0 Å². The molecule has 0 radical (unpaired) electrons. The summed E-state index contributed by atoms with van der Waals surface area (Å²) in [6.45, 7) is 1.69. The number of anilines is 1. The molecule has 0 amide bonds. The maximum Gasteiger partial charge on any atom is 0.119 e. The quantitative estimate of drug-likeness (QED) is 0.389. The molecule has 0 saturated heterocycles. The molecular weight excluding hydrogens is 152 g/mol. The van der Waals surface area contributed by atoms with Gasteiger partial charge in [-0.2, -0.15) is 0 Å². The Morgan fingerprint density at radius 1 is 1.33 bits per heavy atom. The van der Waals surface area contributed by atoms with Crippen molar-refractivity contribution in [2.24, 2.45) is 0 Å². The fourth-order valence-electron chi connectivity index (χ4n) is 1.61. The van der Waals surface area contributed by atoms with E-state index in [0.717, 1.165) is 36.3 Å². The number of phenols is 1. The molecule has 0 atom stereocenters. The number of hydrogen-bond acceptors (Lipinski definition) is 3. The van der Waals surface area contributed by atoms with Crippen LogP contribution >= 0.6 is 0 Å². The first-order chi connectivity index (χ1) is 5.79. The normalized spacial score (nSPS) is 15.7. The van der Waals surface area contributed by atoms with Crippen LogP contribution in [-0.4, -0.2) is 11.7 Å². The van der Waals surface area contributed by atoms with Gasteiger partial charge in [0.25, 0.3) is 0 Å². The monoisotopic (exact) mass is 164 g/mol. The van der Waals surface area contributed by atoms with Crippen molar-refractivity contribution in [3.05, 3.63) is 23.3 Å². The predicted octanol–water partition coefficient (Wildman–Crippen LogP) is 0.620. The van der Waals surface area contributed by atoms with Crippen LogP contribution in [-0.2, 0) is 13.0 Å². The summed E-state index contributed by atoms with van der Waals surface area (Å²) in [5, 5.41) is 12.7. The average molecular weight is 164 g/mol. The number of rotatable bonds is 0. The lowest BCUT2D eigenvalue weighted by Gasteiger charge is -2.19. The van der Waals surface area contributed by atoms with Crippen LogP contribution in [0.2, 0.25) is 0 Å². The number of aromatic hydroxyl groups is 1. The molecule has 1 aliphatic rings. The Hall–Kier alpha value is -1.22. The van der Waals surface area contributed by atoms with E-state index >= 15 is 0 Å². The van der Waals surface area contributed by atoms with Crippen LogP contribution in [0, 0.1) is 0 Å². The number of fused-ring (bicyclic) bond motifs is 1. The van der Waals surface area contributed by atoms with Crippen LogP contribution in [0.4, 0.5) is 5.69 Å². The minimum atomic E-state index is 0.376. The van der Waals surface area contributed by atoms with Crippen molar-refractivity contribution in [2.45, 2.75) is 13.0 Å². The fraction of sp³-hybridized carbons (Fsp3) is 0.333. The smallest absolute Gasteiger partial charge is 0.119 e. The highest BCUT2D eigenvalue weighted by atomic mass is 16.3. The van der Waals surface area contributed by atoms with Gasteiger partial charge in [-0.25, -0.2) is 0 Å². The molecule has 1 aliphatic heterocycles. The summed E-state index contributed by atoms with van der Waals surface area (Å²) in [6, 6.07) is 3.42. The van der Waals surface area contributed by atoms with Crippen molar-refractivity contribution in [1.82, 2.24) is 5.32 Å². The second kappa shape index (κ2) is 2.68. The summed E-state index contributed by atoms with van der Waals surface area (Å²) in [5.41, 5.74) is 8.60. The van der Waals surface area contributed by atoms with Gasteiger partial charge >= 0.3 is 0 Å². The lowest BCUT2D eigenvalue weighted by molar-refractivity contribution is 0.461. The van der Waals surface area contributed by atoms with Gasteiger partial charge in [-0.15, -0.1) is 0 Å². The molecule has 0 aromatic heterocycles. The molecule has 0 spiro atoms. The minimum absolute atomic E-state index is 0.376. The summed E-state index contributed by atoms with van der Waals surface area (Å²) in [7, 11) is 0. The van der Waals surface area contributed by atoms with Crippen molar-refractivity contribution in [3.63, 3.8) is 0 Å². The highest BCUT2D eigenvalue weighted by Gasteiger charge is 2.14. The first kappa shape index (κ1) is 7.43. The summed E-state index contributed by atoms with van der Waals surface area (Å²) >= 11 is 0. The first-order valence-electron chi connectivity index (χ1n) is 4.09. The van der Waals surface area contributed by atoms with E-state index in [4.69, 9.17) is 5.73 Å². The third kappa shape index (κ3) is 1.02. The molecule has 0 bridgehead atoms. The van der Waals surface area contributed by atoms with Gasteiger partial charge in [0.1, 0.15) is 5.75 Å². The molecule has 3 nitrogen and oxygen atoms in total. The second-order valence-corrected chi connectivity index (χ2v) is 3.06. The number of nitrogens with two attached hydrogens (primary N) is 1. The van der Waals surface area contributed by atoms with Gasteiger partial charge in [0.05, 0.1) is 0 Å². The van der Waals surface area contributed by atoms with E-state index in [0.29, 0.717) is 5.75 Å². The van der Waals surface area contributed by atoms with Crippen LogP contribution in [0.25, 0.3) is 0 Å². The number of phenolic OH excluding ortho intramolecular Hbond substituents is 1. The zero-order valence-corrected chi connectivity index (χ0v) is 6.80. The second-order valence-electron chi connectivity index (χ2n) is 3.06. The van der Waals surface area contributed by atoms with Gasteiger partial charge in [0.2, 0.25) is 0 Å². The summed E-state index contributed by atoms with van der Waals surface area (Å²) < 4.78 is 0. The largest absolute Gasteiger partial charge is 0.508 e. The molecule has 0 fully saturated rings. The molecule has 1 aromatic rings. The lowest BCUT2D eigenvalue weighted by atomic mass is 9.98. The molecular formula is C9H12N2O. The highest BCUT2D eigenvalue weighted by Crippen LogP contribution is 2.28. The van der Waals surface area contributed by atoms with E-state index in [9.17, 15) is 5.11 Å². The van der Waals surface area contributed by atoms with Gasteiger partial charge in [0.15, 0.2) is 0 Å². The zero-order chi connectivity index (χ0) is 8.55. The third-order valence-corrected chi connectivity index (χ3v) is 2.30. The predicted molar refractivity (Wildman–Crippen MR) is 47.9 cm³/mol. The van der Waals surface area contributed by atoms with Gasteiger partial charge in [-0.3, -0.25) is 0 Å². The molecule has 0 aliphatic carbocycles. The Morgan fingerprint density at radius 2 is 2.17 bits per heavy atom. The maximum atomic E-state index is 9.50. The average Bonchev–Trinajstić information content (AvgIpc) is 2.12. The molecule has 2 rings (SSSR count). The van der Waals surface area contributed by atoms with Crippen LogP contribution in [0.1, 0.15) is 11.1 Å². The number of nitrogens with one attached hydrogen (secondary N) is 1. The van der Waals surface area contributed by atoms with Crippen molar-refractivity contribution >= 4 is 5.69 Å². The summed E-state index contributed by atoms with van der Waals surface area (Å²) in [4.78, 5) is 0. The molecule has 12 heavy (non-hydrogen) atoms. The van der Waals surface area contributed by atoms with E-state index in [1.807, 2.05) is 0 Å². The number of nitrogen functional groups attached to an aromatic ring is 1. The fourth-order valence-corrected chi connectivity index (χ4v) is 1.61. The summed E-state index contributed by atoms with van der Waals surface area (Å²) in [5.74, 6) is 0.376. The molecule has 0 unspecified atom stereocenters. The van der Waals surface area contributed by atoms with Crippen LogP contribution in [0.15, 0.2) is 12.1 Å². The molecule has 4 N–H and O–H groups in total. The van der Waals surface area contributed by atoms with Gasteiger partial charge < -0.3 is 16.2 Å². The Labute approximate surface area is 71.2 Å². The standard InChI is InChI=1S/C9H12N2O/c10-8-1-2-9(12)6-3-4-11-5-7(6)8/h1-2,11-12H,3-5,10H2. The number of hydrogen-bond donors (Lipinski definition) is 3. The molecule has 1 aromatic carbocycles. The Morgan fingerprint density at radius 3 is 2.92 bits per heavy atom. The van der Waals surface area contributed by atoms with E-state index in [1.54, 1.807) is 12.1 Å². The van der Waals surface area contributed by atoms with Crippen LogP contribution in [0.3, 0.4) is 0 Å². The van der Waals surface area contributed by atoms with Crippen molar-refractivity contribution in [2.75, 3.05) is 12.3 Å². The summed E-state index contributed by atoms with van der Waals surface area (Å²) in [6.07, 6.45) is 0.867. The van der Waals surface area contributed by atoms with Crippen LogP contribution in [0.5, 0.6) is 5.75 Å². The molecule has 0 saturated carbocycles. The lowest BCUT2D eigenvalue weighted by Crippen LogP contribution is -2.24. The Balaban J connectivity index is 2.57. The van der Waals surface area contributed by atoms with E-state index in [-0.39, 0.29) is 0 Å². The third-order valence-electron chi connectivity index (χ3n) is 2.30. The Bertz CT molecular complexity index is 279. The molecule has 1 heterocycles. The van der Waals surface area contributed by atoms with Crippen molar-refractivity contribution in [3.8, 4) is 5.75 Å². The van der Waals surface area contributed by atoms with Gasteiger partial charge in [-0.1, -0.05) is 0 Å². The Kier molecular flexibility index (Phi) is 1.66. The molecule has 64 valence electrons.